The van der Waals surface area contributed by atoms with Crippen molar-refractivity contribution in [2.75, 3.05) is 5.32 Å². The molecule has 1 amide bonds. The first-order chi connectivity index (χ1) is 8.15. The zero-order valence-electron chi connectivity index (χ0n) is 9.95. The van der Waals surface area contributed by atoms with Crippen molar-refractivity contribution in [3.63, 3.8) is 0 Å². The number of hydrogen-bond donors (Lipinski definition) is 1. The van der Waals surface area contributed by atoms with Gasteiger partial charge in [0.1, 0.15) is 5.82 Å². The van der Waals surface area contributed by atoms with Gasteiger partial charge in [-0.2, -0.15) is 0 Å². The van der Waals surface area contributed by atoms with Gasteiger partial charge in [0.15, 0.2) is 0 Å². The molecule has 0 bridgehead atoms. The highest BCUT2D eigenvalue weighted by molar-refractivity contribution is 14.1. The molecule has 92 valence electrons. The summed E-state index contributed by atoms with van der Waals surface area (Å²) in [5, 5.41) is 2.90. The van der Waals surface area contributed by atoms with E-state index in [2.05, 4.69) is 39.8 Å². The SMILES string of the molecule is CC1CCC(C(=O)Nc2ccc(I)cn2)CC1. The third kappa shape index (κ3) is 3.66. The Morgan fingerprint density at radius 3 is 2.65 bits per heavy atom. The van der Waals surface area contributed by atoms with Crippen LogP contribution in [-0.2, 0) is 4.79 Å². The highest BCUT2D eigenvalue weighted by atomic mass is 127. The smallest absolute Gasteiger partial charge is 0.228 e. The standard InChI is InChI=1S/C13H17IN2O/c1-9-2-4-10(5-3-9)13(17)16-12-7-6-11(14)8-15-12/h6-10H,2-5H2,1H3,(H,15,16,17). The molecule has 4 heteroatoms. The Morgan fingerprint density at radius 2 is 2.06 bits per heavy atom. The van der Waals surface area contributed by atoms with E-state index < -0.39 is 0 Å². The molecule has 0 unspecified atom stereocenters. The number of nitrogens with one attached hydrogen (secondary N) is 1. The van der Waals surface area contributed by atoms with Crippen LogP contribution in [0, 0.1) is 15.4 Å². The highest BCUT2D eigenvalue weighted by Gasteiger charge is 2.24. The third-order valence-electron chi connectivity index (χ3n) is 3.37. The van der Waals surface area contributed by atoms with Crippen LogP contribution >= 0.6 is 22.6 Å². The number of rotatable bonds is 2. The second-order valence-electron chi connectivity index (χ2n) is 4.81. The lowest BCUT2D eigenvalue weighted by atomic mass is 9.82. The van der Waals surface area contributed by atoms with Crippen molar-refractivity contribution < 1.29 is 4.79 Å². The monoisotopic (exact) mass is 344 g/mol. The van der Waals surface area contributed by atoms with Crippen LogP contribution in [0.4, 0.5) is 5.82 Å². The van der Waals surface area contributed by atoms with Gasteiger partial charge in [-0.25, -0.2) is 4.98 Å². The van der Waals surface area contributed by atoms with Gasteiger partial charge in [0, 0.05) is 15.7 Å². The fraction of sp³-hybridized carbons (Fsp3) is 0.538. The Balaban J connectivity index is 1.90. The Labute approximate surface area is 116 Å². The zero-order chi connectivity index (χ0) is 12.3. The van der Waals surface area contributed by atoms with Crippen molar-refractivity contribution in [2.24, 2.45) is 11.8 Å². The van der Waals surface area contributed by atoms with Crippen LogP contribution in [0.5, 0.6) is 0 Å². The maximum atomic E-state index is 12.0. The summed E-state index contributed by atoms with van der Waals surface area (Å²) in [6.45, 7) is 2.26. The average Bonchev–Trinajstić information content (AvgIpc) is 2.33. The lowest BCUT2D eigenvalue weighted by Crippen LogP contribution is -2.26. The summed E-state index contributed by atoms with van der Waals surface area (Å²) in [4.78, 5) is 16.2. The van der Waals surface area contributed by atoms with Crippen LogP contribution in [0.15, 0.2) is 18.3 Å². The number of aromatic nitrogens is 1. The van der Waals surface area contributed by atoms with E-state index in [-0.39, 0.29) is 11.8 Å². The van der Waals surface area contributed by atoms with Gasteiger partial charge in [-0.05, 0) is 66.3 Å². The van der Waals surface area contributed by atoms with E-state index in [1.165, 1.54) is 0 Å². The van der Waals surface area contributed by atoms with Crippen molar-refractivity contribution in [2.45, 2.75) is 32.6 Å². The lowest BCUT2D eigenvalue weighted by Gasteiger charge is -2.25. The Kier molecular flexibility index (Phi) is 4.36. The summed E-state index contributed by atoms with van der Waals surface area (Å²) >= 11 is 2.20. The minimum absolute atomic E-state index is 0.130. The summed E-state index contributed by atoms with van der Waals surface area (Å²) in [5.41, 5.74) is 0. The van der Waals surface area contributed by atoms with Gasteiger partial charge >= 0.3 is 0 Å². The van der Waals surface area contributed by atoms with E-state index in [1.54, 1.807) is 6.20 Å². The number of anilines is 1. The first-order valence-corrected chi connectivity index (χ1v) is 7.15. The molecule has 1 aromatic rings. The molecule has 1 aliphatic rings. The van der Waals surface area contributed by atoms with Crippen LogP contribution in [0.1, 0.15) is 32.6 Å². The Morgan fingerprint density at radius 1 is 1.35 bits per heavy atom. The topological polar surface area (TPSA) is 42.0 Å². The first kappa shape index (κ1) is 12.8. The predicted molar refractivity (Wildman–Crippen MR) is 76.7 cm³/mol. The molecule has 0 aliphatic heterocycles. The summed E-state index contributed by atoms with van der Waals surface area (Å²) in [6.07, 6.45) is 6.12. The number of nitrogens with zero attached hydrogens (tertiary/aromatic N) is 1. The lowest BCUT2D eigenvalue weighted by molar-refractivity contribution is -0.121. The van der Waals surface area contributed by atoms with E-state index >= 15 is 0 Å². The molecule has 1 aromatic heterocycles. The summed E-state index contributed by atoms with van der Waals surface area (Å²) < 4.78 is 1.08. The molecule has 17 heavy (non-hydrogen) atoms. The van der Waals surface area contributed by atoms with Crippen LogP contribution in [0.2, 0.25) is 0 Å². The average molecular weight is 344 g/mol. The molecule has 1 aliphatic carbocycles. The molecule has 0 saturated heterocycles. The minimum Gasteiger partial charge on any atom is -0.310 e. The molecule has 1 saturated carbocycles. The fourth-order valence-corrected chi connectivity index (χ4v) is 2.52. The van der Waals surface area contributed by atoms with Gasteiger partial charge in [0.25, 0.3) is 0 Å². The molecule has 2 rings (SSSR count). The summed E-state index contributed by atoms with van der Waals surface area (Å²) in [7, 11) is 0. The van der Waals surface area contributed by atoms with Crippen LogP contribution in [-0.4, -0.2) is 10.9 Å². The minimum atomic E-state index is 0.130. The van der Waals surface area contributed by atoms with Gasteiger partial charge in [-0.3, -0.25) is 4.79 Å². The van der Waals surface area contributed by atoms with Gasteiger partial charge in [-0.15, -0.1) is 0 Å². The summed E-state index contributed by atoms with van der Waals surface area (Å²) in [5.74, 6) is 1.74. The third-order valence-corrected chi connectivity index (χ3v) is 4.00. The van der Waals surface area contributed by atoms with Gasteiger partial charge < -0.3 is 5.32 Å². The number of halogens is 1. The molecule has 1 heterocycles. The first-order valence-electron chi connectivity index (χ1n) is 6.07. The van der Waals surface area contributed by atoms with Gasteiger partial charge in [-0.1, -0.05) is 6.92 Å². The molecule has 0 aromatic carbocycles. The molecule has 1 N–H and O–H groups in total. The number of carbonyl (C=O) groups excluding carboxylic acids is 1. The predicted octanol–water partition coefficient (Wildman–Crippen LogP) is 3.45. The highest BCUT2D eigenvalue weighted by Crippen LogP contribution is 2.28. The maximum absolute atomic E-state index is 12.0. The zero-order valence-corrected chi connectivity index (χ0v) is 12.1. The molecule has 0 atom stereocenters. The fourth-order valence-electron chi connectivity index (χ4n) is 2.20. The normalized spacial score (nSPS) is 24.4. The molecule has 0 spiro atoms. The molecule has 3 nitrogen and oxygen atoms in total. The van der Waals surface area contributed by atoms with Crippen molar-refractivity contribution in [1.29, 1.82) is 0 Å². The van der Waals surface area contributed by atoms with Gasteiger partial charge in [0.05, 0.1) is 0 Å². The number of pyridine rings is 1. The number of carbonyl (C=O) groups is 1. The van der Waals surface area contributed by atoms with Crippen LogP contribution < -0.4 is 5.32 Å². The quantitative estimate of drug-likeness (QED) is 0.835. The second-order valence-corrected chi connectivity index (χ2v) is 6.05. The van der Waals surface area contributed by atoms with Gasteiger partial charge in [0.2, 0.25) is 5.91 Å². The molecule has 1 fully saturated rings. The van der Waals surface area contributed by atoms with E-state index in [0.717, 1.165) is 35.2 Å². The summed E-state index contributed by atoms with van der Waals surface area (Å²) in [6, 6.07) is 3.80. The van der Waals surface area contributed by atoms with Crippen molar-refractivity contribution in [3.8, 4) is 0 Å². The van der Waals surface area contributed by atoms with E-state index in [1.807, 2.05) is 12.1 Å². The van der Waals surface area contributed by atoms with E-state index in [0.29, 0.717) is 5.82 Å². The molecular weight excluding hydrogens is 327 g/mol. The molecular formula is C13H17IN2O. The van der Waals surface area contributed by atoms with Crippen molar-refractivity contribution in [3.05, 3.63) is 21.9 Å². The Bertz CT molecular complexity index is 383. The maximum Gasteiger partial charge on any atom is 0.228 e. The van der Waals surface area contributed by atoms with Crippen molar-refractivity contribution in [1.82, 2.24) is 4.98 Å². The van der Waals surface area contributed by atoms with E-state index in [4.69, 9.17) is 0 Å². The van der Waals surface area contributed by atoms with E-state index in [9.17, 15) is 4.79 Å². The number of amides is 1. The van der Waals surface area contributed by atoms with Crippen LogP contribution in [0.3, 0.4) is 0 Å². The second kappa shape index (κ2) is 5.80. The number of hydrogen-bond acceptors (Lipinski definition) is 2. The molecule has 0 radical (unpaired) electrons. The largest absolute Gasteiger partial charge is 0.310 e. The van der Waals surface area contributed by atoms with Crippen LogP contribution in [0.25, 0.3) is 0 Å². The van der Waals surface area contributed by atoms with Crippen molar-refractivity contribution >= 4 is 34.3 Å². The Hall–Kier alpha value is -0.650.